The van der Waals surface area contributed by atoms with Crippen LogP contribution >= 0.6 is 0 Å². The second-order valence-corrected chi connectivity index (χ2v) is 7.48. The lowest BCUT2D eigenvalue weighted by Gasteiger charge is -2.31. The highest BCUT2D eigenvalue weighted by atomic mass is 16.6. The van der Waals surface area contributed by atoms with E-state index >= 15 is 0 Å². The Kier molecular flexibility index (Phi) is 5.97. The van der Waals surface area contributed by atoms with Gasteiger partial charge in [0.15, 0.2) is 0 Å². The molecule has 1 N–H and O–H groups in total. The topological polar surface area (TPSA) is 76.5 Å². The Morgan fingerprint density at radius 3 is 2.80 bits per heavy atom. The summed E-state index contributed by atoms with van der Waals surface area (Å²) in [4.78, 5) is 32.0. The van der Waals surface area contributed by atoms with E-state index in [-0.39, 0.29) is 5.56 Å². The fraction of sp³-hybridized carbons (Fsp3) is 0.348. The van der Waals surface area contributed by atoms with E-state index < -0.39 is 6.09 Å². The number of carbonyl (C=O) groups excluding carboxylic acids is 1. The van der Waals surface area contributed by atoms with Crippen LogP contribution < -0.4 is 20.5 Å². The van der Waals surface area contributed by atoms with Gasteiger partial charge in [-0.1, -0.05) is 43.7 Å². The predicted octanol–water partition coefficient (Wildman–Crippen LogP) is 3.70. The van der Waals surface area contributed by atoms with E-state index in [0.717, 1.165) is 25.8 Å². The molecular formula is C23H26N4O3. The molecule has 0 aliphatic carbocycles. The molecule has 1 amide bonds. The summed E-state index contributed by atoms with van der Waals surface area (Å²) in [6.45, 7) is 4.81. The zero-order valence-corrected chi connectivity index (χ0v) is 17.1. The first-order valence-electron chi connectivity index (χ1n) is 10.4. The Labute approximate surface area is 175 Å². The molecule has 0 unspecified atom stereocenters. The van der Waals surface area contributed by atoms with Crippen LogP contribution in [0, 0.1) is 0 Å². The van der Waals surface area contributed by atoms with Gasteiger partial charge < -0.3 is 15.0 Å². The number of benzene rings is 2. The SMILES string of the molecule is CCCCNC(=O)Oc1ccc2nc3n(c(=O)c2c1)CCCN3Cc1ccccc1. The predicted molar refractivity (Wildman–Crippen MR) is 117 cm³/mol. The molecule has 1 aliphatic heterocycles. The molecule has 0 atom stereocenters. The molecule has 30 heavy (non-hydrogen) atoms. The number of hydrogen-bond donors (Lipinski definition) is 1. The van der Waals surface area contributed by atoms with E-state index in [4.69, 9.17) is 9.72 Å². The van der Waals surface area contributed by atoms with Gasteiger partial charge in [-0.2, -0.15) is 0 Å². The number of ether oxygens (including phenoxy) is 1. The van der Waals surface area contributed by atoms with Gasteiger partial charge in [-0.3, -0.25) is 9.36 Å². The molecule has 0 bridgehead atoms. The van der Waals surface area contributed by atoms with Crippen molar-refractivity contribution in [2.75, 3.05) is 18.0 Å². The lowest BCUT2D eigenvalue weighted by Crippen LogP contribution is -2.38. The van der Waals surface area contributed by atoms with Gasteiger partial charge in [-0.05, 0) is 36.6 Å². The molecule has 2 heterocycles. The third kappa shape index (κ3) is 4.30. The minimum absolute atomic E-state index is 0.107. The first-order chi connectivity index (χ1) is 14.7. The molecule has 7 heteroatoms. The van der Waals surface area contributed by atoms with Crippen molar-refractivity contribution in [3.8, 4) is 5.75 Å². The maximum atomic E-state index is 13.2. The standard InChI is InChI=1S/C23H26N4O3/c1-2-3-12-24-23(29)30-18-10-11-20-19(15-18)21(28)27-14-7-13-26(22(27)25-20)16-17-8-5-4-6-9-17/h4-6,8-11,15H,2-3,7,12-14,16H2,1H3,(H,24,29). The summed E-state index contributed by atoms with van der Waals surface area (Å²) in [6, 6.07) is 15.2. The van der Waals surface area contributed by atoms with Crippen LogP contribution in [0.5, 0.6) is 5.75 Å². The molecule has 1 aromatic heterocycles. The summed E-state index contributed by atoms with van der Waals surface area (Å²) >= 11 is 0. The largest absolute Gasteiger partial charge is 0.412 e. The average molecular weight is 406 g/mol. The molecule has 0 saturated carbocycles. The van der Waals surface area contributed by atoms with Crippen LogP contribution in [0.25, 0.3) is 10.9 Å². The number of nitrogens with one attached hydrogen (secondary N) is 1. The van der Waals surface area contributed by atoms with Crippen LogP contribution in [0.3, 0.4) is 0 Å². The Bertz CT molecular complexity index is 1090. The summed E-state index contributed by atoms with van der Waals surface area (Å²) in [7, 11) is 0. The van der Waals surface area contributed by atoms with Gasteiger partial charge in [-0.25, -0.2) is 9.78 Å². The molecule has 3 aromatic rings. The maximum Gasteiger partial charge on any atom is 0.412 e. The monoisotopic (exact) mass is 406 g/mol. The fourth-order valence-corrected chi connectivity index (χ4v) is 3.68. The minimum atomic E-state index is -0.511. The lowest BCUT2D eigenvalue weighted by atomic mass is 10.2. The van der Waals surface area contributed by atoms with Crippen molar-refractivity contribution in [3.63, 3.8) is 0 Å². The second kappa shape index (κ2) is 8.98. The van der Waals surface area contributed by atoms with Crippen molar-refractivity contribution in [2.24, 2.45) is 0 Å². The highest BCUT2D eigenvalue weighted by molar-refractivity contribution is 5.81. The third-order valence-corrected chi connectivity index (χ3v) is 5.22. The van der Waals surface area contributed by atoms with Crippen LogP contribution in [-0.4, -0.2) is 28.7 Å². The van der Waals surface area contributed by atoms with Crippen molar-refractivity contribution < 1.29 is 9.53 Å². The normalized spacial score (nSPS) is 13.2. The van der Waals surface area contributed by atoms with E-state index in [2.05, 4.69) is 29.3 Å². The van der Waals surface area contributed by atoms with E-state index in [1.165, 1.54) is 5.56 Å². The zero-order valence-electron chi connectivity index (χ0n) is 17.1. The zero-order chi connectivity index (χ0) is 20.9. The van der Waals surface area contributed by atoms with Crippen molar-refractivity contribution >= 4 is 22.9 Å². The van der Waals surface area contributed by atoms with Gasteiger partial charge in [-0.15, -0.1) is 0 Å². The van der Waals surface area contributed by atoms with Crippen molar-refractivity contribution in [3.05, 3.63) is 64.4 Å². The van der Waals surface area contributed by atoms with E-state index in [1.807, 2.05) is 18.2 Å². The number of amides is 1. The Morgan fingerprint density at radius 1 is 1.17 bits per heavy atom. The number of unbranched alkanes of at least 4 members (excludes halogenated alkanes) is 1. The molecule has 7 nitrogen and oxygen atoms in total. The number of anilines is 1. The van der Waals surface area contributed by atoms with Gasteiger partial charge in [0.1, 0.15) is 5.75 Å². The number of fused-ring (bicyclic) bond motifs is 2. The smallest absolute Gasteiger partial charge is 0.410 e. The lowest BCUT2D eigenvalue weighted by molar-refractivity contribution is 0.200. The van der Waals surface area contributed by atoms with Crippen molar-refractivity contribution in [2.45, 2.75) is 39.3 Å². The molecule has 0 spiro atoms. The van der Waals surface area contributed by atoms with Crippen molar-refractivity contribution in [1.29, 1.82) is 0 Å². The van der Waals surface area contributed by atoms with E-state index in [0.29, 0.717) is 42.2 Å². The average Bonchev–Trinajstić information content (AvgIpc) is 2.76. The van der Waals surface area contributed by atoms with Gasteiger partial charge >= 0.3 is 6.09 Å². The number of aromatic nitrogens is 2. The van der Waals surface area contributed by atoms with Crippen LogP contribution in [0.4, 0.5) is 10.7 Å². The molecule has 1 aliphatic rings. The Hall–Kier alpha value is -3.35. The Balaban J connectivity index is 1.61. The summed E-state index contributed by atoms with van der Waals surface area (Å²) in [5, 5.41) is 3.16. The number of carbonyl (C=O) groups is 1. The summed E-state index contributed by atoms with van der Waals surface area (Å²) in [5.41, 5.74) is 1.67. The molecule has 0 fully saturated rings. The molecular weight excluding hydrogens is 380 g/mol. The first-order valence-corrected chi connectivity index (χ1v) is 10.4. The Morgan fingerprint density at radius 2 is 2.00 bits per heavy atom. The van der Waals surface area contributed by atoms with Gasteiger partial charge in [0, 0.05) is 26.2 Å². The van der Waals surface area contributed by atoms with E-state index in [1.54, 1.807) is 22.8 Å². The molecule has 0 saturated heterocycles. The van der Waals surface area contributed by atoms with Crippen molar-refractivity contribution in [1.82, 2.24) is 14.9 Å². The number of hydrogen-bond acceptors (Lipinski definition) is 5. The van der Waals surface area contributed by atoms with Crippen LogP contribution in [0.2, 0.25) is 0 Å². The first kappa shape index (κ1) is 19.9. The third-order valence-electron chi connectivity index (χ3n) is 5.22. The van der Waals surface area contributed by atoms with Gasteiger partial charge in [0.05, 0.1) is 10.9 Å². The number of rotatable bonds is 6. The highest BCUT2D eigenvalue weighted by Gasteiger charge is 2.21. The minimum Gasteiger partial charge on any atom is -0.410 e. The van der Waals surface area contributed by atoms with Crippen LogP contribution in [0.1, 0.15) is 31.7 Å². The van der Waals surface area contributed by atoms with Crippen LogP contribution in [0.15, 0.2) is 53.3 Å². The highest BCUT2D eigenvalue weighted by Crippen LogP contribution is 2.24. The molecule has 0 radical (unpaired) electrons. The van der Waals surface area contributed by atoms with E-state index in [9.17, 15) is 9.59 Å². The summed E-state index contributed by atoms with van der Waals surface area (Å²) in [5.74, 6) is 1.03. The quantitative estimate of drug-likeness (QED) is 0.632. The van der Waals surface area contributed by atoms with Crippen LogP contribution in [-0.2, 0) is 13.1 Å². The van der Waals surface area contributed by atoms with Gasteiger partial charge in [0.25, 0.3) is 5.56 Å². The molecule has 2 aromatic carbocycles. The van der Waals surface area contributed by atoms with Gasteiger partial charge in [0.2, 0.25) is 5.95 Å². The number of nitrogens with zero attached hydrogens (tertiary/aromatic N) is 3. The second-order valence-electron chi connectivity index (χ2n) is 7.48. The fourth-order valence-electron chi connectivity index (χ4n) is 3.68. The summed E-state index contributed by atoms with van der Waals surface area (Å²) < 4.78 is 7.05. The maximum absolute atomic E-state index is 13.2. The summed E-state index contributed by atoms with van der Waals surface area (Å²) in [6.07, 6.45) is 2.25. The molecule has 4 rings (SSSR count). The molecule has 156 valence electrons.